The van der Waals surface area contributed by atoms with Crippen LogP contribution in [0.2, 0.25) is 0 Å². The van der Waals surface area contributed by atoms with E-state index in [1.54, 1.807) is 4.90 Å². The fraction of sp³-hybridized carbons (Fsp3) is 0.786. The molecule has 0 aromatic carbocycles. The molecule has 2 aliphatic rings. The summed E-state index contributed by atoms with van der Waals surface area (Å²) in [4.78, 5) is 16.3. The topological polar surface area (TPSA) is 60.9 Å². The van der Waals surface area contributed by atoms with Gasteiger partial charge in [-0.2, -0.15) is 6.92 Å². The number of piperazine rings is 1. The number of amides is 1. The van der Waals surface area contributed by atoms with Crippen LogP contribution in [0.5, 0.6) is 0 Å². The van der Waals surface area contributed by atoms with Crippen LogP contribution in [0, 0.1) is 18.4 Å². The first-order chi connectivity index (χ1) is 9.61. The van der Waals surface area contributed by atoms with E-state index in [-0.39, 0.29) is 50.6 Å². The van der Waals surface area contributed by atoms with E-state index in [0.29, 0.717) is 13.1 Å². The van der Waals surface area contributed by atoms with Crippen molar-refractivity contribution < 1.29 is 45.9 Å². The van der Waals surface area contributed by atoms with E-state index in [2.05, 4.69) is 18.9 Å². The van der Waals surface area contributed by atoms with E-state index < -0.39 is 10.0 Å². The summed E-state index contributed by atoms with van der Waals surface area (Å²) in [5, 5.41) is 0. The smallest absolute Gasteiger partial charge is 0.209 e. The molecule has 2 saturated heterocycles. The Morgan fingerprint density at radius 2 is 1.86 bits per heavy atom. The summed E-state index contributed by atoms with van der Waals surface area (Å²) in [5.74, 6) is -0.147. The van der Waals surface area contributed by atoms with Crippen molar-refractivity contribution in [1.29, 1.82) is 0 Å². The van der Waals surface area contributed by atoms with Crippen molar-refractivity contribution in [1.82, 2.24) is 14.1 Å². The van der Waals surface area contributed by atoms with Gasteiger partial charge in [0.25, 0.3) is 0 Å². The third-order valence-corrected chi connectivity index (χ3v) is 5.69. The molecule has 0 N–H and O–H groups in total. The van der Waals surface area contributed by atoms with Crippen molar-refractivity contribution in [3.05, 3.63) is 13.0 Å². The number of sulfonamides is 1. The molecule has 125 valence electrons. The molecule has 2 aliphatic heterocycles. The Balaban J connectivity index is 0.00000242. The number of piperidine rings is 1. The number of nitrogens with zero attached hydrogens (tertiary/aromatic N) is 3. The summed E-state index contributed by atoms with van der Waals surface area (Å²) in [6, 6.07) is 0.790. The maximum absolute atomic E-state index is 12.3. The molecule has 8 heteroatoms. The van der Waals surface area contributed by atoms with E-state index >= 15 is 0 Å². The van der Waals surface area contributed by atoms with Crippen molar-refractivity contribution in [2.45, 2.75) is 19.8 Å². The summed E-state index contributed by atoms with van der Waals surface area (Å²) in [5.41, 5.74) is -0.128. The Kier molecular flexibility index (Phi) is 7.04. The fourth-order valence-corrected chi connectivity index (χ4v) is 3.66. The zero-order valence-corrected chi connectivity index (χ0v) is 17.4. The van der Waals surface area contributed by atoms with Crippen molar-refractivity contribution in [3.63, 3.8) is 0 Å². The molecule has 1 amide bonds. The number of likely N-dealkylation sites (tertiary alicyclic amines) is 1. The monoisotopic (exact) mass is 404 g/mol. The molecule has 0 saturated carbocycles. The van der Waals surface area contributed by atoms with Gasteiger partial charge in [0.2, 0.25) is 15.9 Å². The van der Waals surface area contributed by atoms with Crippen LogP contribution in [-0.4, -0.2) is 74.5 Å². The molecule has 0 spiro atoms. The Labute approximate surface area is 159 Å². The van der Waals surface area contributed by atoms with Crippen LogP contribution in [0.4, 0.5) is 0 Å². The summed E-state index contributed by atoms with van der Waals surface area (Å²) in [6.07, 6.45) is 3.05. The number of rotatable bonds is 3. The van der Waals surface area contributed by atoms with Crippen molar-refractivity contribution in [2.24, 2.45) is 5.41 Å². The molecule has 6 nitrogen and oxygen atoms in total. The molecule has 0 aromatic heterocycles. The van der Waals surface area contributed by atoms with Crippen molar-refractivity contribution in [2.75, 3.05) is 46.0 Å². The third-order valence-electron chi connectivity index (χ3n) is 4.49. The van der Waals surface area contributed by atoms with Gasteiger partial charge in [-0.15, -0.1) is 5.41 Å². The Morgan fingerprint density at radius 1 is 1.32 bits per heavy atom. The molecule has 22 heavy (non-hydrogen) atoms. The first kappa shape index (κ1) is 20.5. The summed E-state index contributed by atoms with van der Waals surface area (Å²) in [6.45, 7) is 8.94. The molecule has 0 aliphatic carbocycles. The second-order valence-electron chi connectivity index (χ2n) is 6.55. The molecule has 1 radical (unpaired) electrons. The maximum atomic E-state index is 12.3. The van der Waals surface area contributed by atoms with Crippen LogP contribution in [-0.2, 0) is 47.5 Å². The molecule has 0 bridgehead atoms. The van der Waals surface area contributed by atoms with Gasteiger partial charge in [0, 0.05) is 32.7 Å². The molecular weight excluding hydrogens is 379 g/mol. The van der Waals surface area contributed by atoms with Gasteiger partial charge in [-0.05, 0) is 26.7 Å². The minimum absolute atomic E-state index is 0. The second-order valence-corrected chi connectivity index (χ2v) is 8.53. The summed E-state index contributed by atoms with van der Waals surface area (Å²) in [7, 11) is -1.24. The SMILES string of the molecule is [CH2-]C1(CN2C(=O)CN(S(C)(=O)=O)C[C-]2C)CCN(C)CC1.[Y]. The first-order valence-electron chi connectivity index (χ1n) is 7.23. The summed E-state index contributed by atoms with van der Waals surface area (Å²) >= 11 is 0. The van der Waals surface area contributed by atoms with Gasteiger partial charge in [0.1, 0.15) is 0 Å². The number of carbonyl (C=O) groups is 1. The normalized spacial score (nSPS) is 25.1. The molecule has 2 fully saturated rings. The minimum Gasteiger partial charge on any atom is -0.490 e. The fourth-order valence-electron chi connectivity index (χ4n) is 2.89. The second kappa shape index (κ2) is 7.55. The zero-order valence-electron chi connectivity index (χ0n) is 13.7. The van der Waals surface area contributed by atoms with E-state index in [1.165, 1.54) is 4.31 Å². The average Bonchev–Trinajstić information content (AvgIpc) is 2.37. The average molecular weight is 404 g/mol. The molecule has 2 heterocycles. The summed E-state index contributed by atoms with van der Waals surface area (Å²) < 4.78 is 24.4. The van der Waals surface area contributed by atoms with Gasteiger partial charge >= 0.3 is 0 Å². The largest absolute Gasteiger partial charge is 0.490 e. The Morgan fingerprint density at radius 3 is 2.32 bits per heavy atom. The van der Waals surface area contributed by atoms with Crippen LogP contribution in [0.15, 0.2) is 0 Å². The van der Waals surface area contributed by atoms with Crippen molar-refractivity contribution in [3.8, 4) is 0 Å². The molecule has 0 atom stereocenters. The van der Waals surface area contributed by atoms with E-state index in [0.717, 1.165) is 38.2 Å². The molecular formula is C14H25N3O3SY-2. The minimum atomic E-state index is -3.33. The Hall–Kier alpha value is 0.444. The standard InChI is InChI=1S/C14H25N3O3S.Y/c1-12-9-16(21(4,19)20)10-13(18)17(12)11-14(2)5-7-15(3)8-6-14;/h2,5-11H2,1,3-4H3;/q-2;. The zero-order chi connectivity index (χ0) is 15.8. The number of hydrogen-bond donors (Lipinski definition) is 0. The van der Waals surface area contributed by atoms with Gasteiger partial charge in [0.05, 0.1) is 12.8 Å². The molecule has 0 unspecified atom stereocenters. The molecule has 2 rings (SSSR count). The van der Waals surface area contributed by atoms with E-state index in [9.17, 15) is 13.2 Å². The van der Waals surface area contributed by atoms with Gasteiger partial charge in [0.15, 0.2) is 0 Å². The van der Waals surface area contributed by atoms with E-state index in [1.807, 2.05) is 6.92 Å². The number of hydrogen-bond acceptors (Lipinski definition) is 4. The van der Waals surface area contributed by atoms with Gasteiger partial charge in [-0.3, -0.25) is 4.79 Å². The van der Waals surface area contributed by atoms with Crippen LogP contribution in [0.3, 0.4) is 0 Å². The van der Waals surface area contributed by atoms with Crippen molar-refractivity contribution >= 4 is 15.9 Å². The third kappa shape index (κ3) is 4.97. The van der Waals surface area contributed by atoms with Crippen LogP contribution in [0.1, 0.15) is 19.8 Å². The predicted molar refractivity (Wildman–Crippen MR) is 81.6 cm³/mol. The maximum Gasteiger partial charge on any atom is 0.209 e. The van der Waals surface area contributed by atoms with Crippen LogP contribution >= 0.6 is 0 Å². The van der Waals surface area contributed by atoms with Gasteiger partial charge in [-0.25, -0.2) is 18.8 Å². The number of carbonyl (C=O) groups excluding carboxylic acids is 1. The Bertz CT molecular complexity index is 503. The van der Waals surface area contributed by atoms with E-state index in [4.69, 9.17) is 0 Å². The quantitative estimate of drug-likeness (QED) is 0.630. The molecule has 0 aromatic rings. The van der Waals surface area contributed by atoms with Crippen LogP contribution < -0.4 is 0 Å². The van der Waals surface area contributed by atoms with Crippen LogP contribution in [0.25, 0.3) is 0 Å². The predicted octanol–water partition coefficient (Wildman–Crippen LogP) is 0.186. The van der Waals surface area contributed by atoms with Gasteiger partial charge < -0.3 is 16.7 Å². The first-order valence-corrected chi connectivity index (χ1v) is 9.07. The van der Waals surface area contributed by atoms with Gasteiger partial charge in [-0.1, -0.05) is 19.4 Å².